The first kappa shape index (κ1) is 32.1. The van der Waals surface area contributed by atoms with E-state index in [1.54, 1.807) is 18.3 Å². The molecule has 3 aromatic carbocycles. The highest BCUT2D eigenvalue weighted by atomic mass is 35.5. The first-order valence-electron chi connectivity index (χ1n) is 13.7. The molecule has 3 heterocycles. The molecule has 8 nitrogen and oxygen atoms in total. The van der Waals surface area contributed by atoms with E-state index in [4.69, 9.17) is 39.5 Å². The third kappa shape index (κ3) is 7.56. The van der Waals surface area contributed by atoms with E-state index in [9.17, 15) is 9.18 Å². The Morgan fingerprint density at radius 2 is 1.80 bits per heavy atom. The van der Waals surface area contributed by atoms with Gasteiger partial charge in [-0.2, -0.15) is 0 Å². The standard InChI is InChI=1S/C32H22Cl3FN6O2S2/c1-17-30(46-29(40-17)14-44-28-5-3-2-4-21(28)33)26-8-9-37-32(42-26)45-15-19(43)10-18-6-7-25-20(11-18)31(39-16-38-25)41-27-13-23(35)22(34)12-24(27)36/h2-9,11-13,16H,10,14-15H2,1H3,(H,38,39,41). The van der Waals surface area contributed by atoms with Gasteiger partial charge in [0.25, 0.3) is 0 Å². The molecule has 0 aliphatic heterocycles. The van der Waals surface area contributed by atoms with Crippen molar-refractivity contribution in [2.45, 2.75) is 25.1 Å². The summed E-state index contributed by atoms with van der Waals surface area (Å²) in [4.78, 5) is 36.1. The predicted molar refractivity (Wildman–Crippen MR) is 182 cm³/mol. The van der Waals surface area contributed by atoms with Crippen LogP contribution in [0.5, 0.6) is 5.75 Å². The van der Waals surface area contributed by atoms with Gasteiger partial charge in [-0.1, -0.05) is 64.8 Å². The third-order valence-electron chi connectivity index (χ3n) is 6.62. The van der Waals surface area contributed by atoms with Gasteiger partial charge >= 0.3 is 0 Å². The lowest BCUT2D eigenvalue weighted by Crippen LogP contribution is -2.07. The molecular weight excluding hydrogens is 690 g/mol. The SMILES string of the molecule is Cc1nc(COc2ccccc2Cl)sc1-c1ccnc(SCC(=O)Cc2ccc3ncnc(Nc4cc(Cl)c(Cl)cc4F)c3c2)n1. The summed E-state index contributed by atoms with van der Waals surface area (Å²) in [6.07, 6.45) is 3.21. The zero-order valence-electron chi connectivity index (χ0n) is 23.9. The predicted octanol–water partition coefficient (Wildman–Crippen LogP) is 9.18. The van der Waals surface area contributed by atoms with Crippen molar-refractivity contribution in [3.8, 4) is 16.3 Å². The highest BCUT2D eigenvalue weighted by Gasteiger charge is 2.15. The molecule has 46 heavy (non-hydrogen) atoms. The minimum absolute atomic E-state index is 0.0202. The Kier molecular flexibility index (Phi) is 9.95. The Bertz CT molecular complexity index is 2080. The maximum absolute atomic E-state index is 14.5. The summed E-state index contributed by atoms with van der Waals surface area (Å²) < 4.78 is 20.4. The van der Waals surface area contributed by atoms with Crippen LogP contribution in [-0.2, 0) is 17.8 Å². The number of thiazole rings is 1. The number of benzene rings is 3. The topological polar surface area (TPSA) is 103 Å². The number of hydrogen-bond acceptors (Lipinski definition) is 10. The third-order valence-corrected chi connectivity index (χ3v) is 9.73. The molecular formula is C32H22Cl3FN6O2S2. The lowest BCUT2D eigenvalue weighted by molar-refractivity contribution is -0.116. The molecule has 0 unspecified atom stereocenters. The normalized spacial score (nSPS) is 11.2. The van der Waals surface area contributed by atoms with E-state index >= 15 is 0 Å². The first-order chi connectivity index (χ1) is 22.2. The molecule has 0 aliphatic carbocycles. The van der Waals surface area contributed by atoms with E-state index in [2.05, 4.69) is 30.2 Å². The Morgan fingerprint density at radius 3 is 2.65 bits per heavy atom. The maximum atomic E-state index is 14.5. The summed E-state index contributed by atoms with van der Waals surface area (Å²) in [5.74, 6) is 0.535. The number of carbonyl (C=O) groups excluding carboxylic acids is 1. The molecule has 1 N–H and O–H groups in total. The number of anilines is 2. The number of halogens is 4. The molecule has 6 rings (SSSR count). The fourth-order valence-electron chi connectivity index (χ4n) is 4.47. The van der Waals surface area contributed by atoms with Crippen molar-refractivity contribution < 1.29 is 13.9 Å². The van der Waals surface area contributed by atoms with Gasteiger partial charge in [0.05, 0.1) is 48.3 Å². The molecule has 0 radical (unpaired) electrons. The average Bonchev–Trinajstić information content (AvgIpc) is 3.43. The molecule has 0 amide bonds. The first-order valence-corrected chi connectivity index (χ1v) is 16.6. The van der Waals surface area contributed by atoms with Crippen molar-refractivity contribution in [1.82, 2.24) is 24.9 Å². The Balaban J connectivity index is 1.10. The Hall–Kier alpha value is -3.87. The van der Waals surface area contributed by atoms with Crippen molar-refractivity contribution in [2.24, 2.45) is 0 Å². The fourth-order valence-corrected chi connectivity index (χ4v) is 6.62. The molecule has 0 bridgehead atoms. The van der Waals surface area contributed by atoms with Gasteiger partial charge in [-0.05, 0) is 55.0 Å². The number of thioether (sulfide) groups is 1. The van der Waals surface area contributed by atoms with Gasteiger partial charge in [0.1, 0.15) is 41.1 Å². The molecule has 6 aromatic rings. The van der Waals surface area contributed by atoms with Gasteiger partial charge in [0.15, 0.2) is 5.16 Å². The quantitative estimate of drug-likeness (QED) is 0.0801. The number of fused-ring (bicyclic) bond motifs is 1. The van der Waals surface area contributed by atoms with Crippen LogP contribution < -0.4 is 10.1 Å². The van der Waals surface area contributed by atoms with Crippen molar-refractivity contribution in [3.05, 3.63) is 110 Å². The van der Waals surface area contributed by atoms with E-state index in [1.165, 1.54) is 35.5 Å². The maximum Gasteiger partial charge on any atom is 0.188 e. The van der Waals surface area contributed by atoms with Crippen LogP contribution in [0.1, 0.15) is 16.3 Å². The van der Waals surface area contributed by atoms with E-state index < -0.39 is 5.82 Å². The number of Topliss-reactive ketones (excluding diaryl/α,β-unsaturated/α-hetero) is 1. The lowest BCUT2D eigenvalue weighted by Gasteiger charge is -2.11. The molecule has 232 valence electrons. The van der Waals surface area contributed by atoms with Gasteiger partial charge in [-0.15, -0.1) is 11.3 Å². The number of para-hydroxylation sites is 1. The monoisotopic (exact) mass is 710 g/mol. The van der Waals surface area contributed by atoms with E-state index in [0.29, 0.717) is 32.6 Å². The zero-order valence-corrected chi connectivity index (χ0v) is 27.8. The summed E-state index contributed by atoms with van der Waals surface area (Å²) in [6.45, 7) is 2.20. The largest absolute Gasteiger partial charge is 0.485 e. The molecule has 0 aliphatic rings. The number of aromatic nitrogens is 5. The molecule has 0 fully saturated rings. The van der Waals surface area contributed by atoms with E-state index in [-0.39, 0.29) is 40.3 Å². The minimum atomic E-state index is -0.579. The van der Waals surface area contributed by atoms with Crippen LogP contribution in [0.25, 0.3) is 21.5 Å². The van der Waals surface area contributed by atoms with Crippen LogP contribution in [-0.4, -0.2) is 36.5 Å². The fraction of sp³-hybridized carbons (Fsp3) is 0.125. The van der Waals surface area contributed by atoms with E-state index in [0.717, 1.165) is 32.9 Å². The summed E-state index contributed by atoms with van der Waals surface area (Å²) in [6, 6.07) is 17.1. The zero-order chi connectivity index (χ0) is 32.2. The van der Waals surface area contributed by atoms with Crippen LogP contribution in [0.2, 0.25) is 15.1 Å². The van der Waals surface area contributed by atoms with Crippen molar-refractivity contribution >= 4 is 86.1 Å². The smallest absolute Gasteiger partial charge is 0.188 e. The molecule has 3 aromatic heterocycles. The highest BCUT2D eigenvalue weighted by molar-refractivity contribution is 7.99. The van der Waals surface area contributed by atoms with Gasteiger partial charge in [0.2, 0.25) is 0 Å². The van der Waals surface area contributed by atoms with Crippen LogP contribution in [0.15, 0.2) is 78.3 Å². The number of nitrogens with one attached hydrogen (secondary N) is 1. The Labute approximate surface area is 286 Å². The average molecular weight is 712 g/mol. The van der Waals surface area contributed by atoms with Gasteiger partial charge in [-0.3, -0.25) is 4.79 Å². The number of hydrogen-bond donors (Lipinski definition) is 1. The molecule has 0 spiro atoms. The second kappa shape index (κ2) is 14.3. The van der Waals surface area contributed by atoms with Crippen LogP contribution in [0.3, 0.4) is 0 Å². The summed E-state index contributed by atoms with van der Waals surface area (Å²) in [7, 11) is 0. The molecule has 0 atom stereocenters. The number of carbonyl (C=O) groups is 1. The summed E-state index contributed by atoms with van der Waals surface area (Å²) >= 11 is 20.9. The second-order valence-electron chi connectivity index (χ2n) is 9.91. The summed E-state index contributed by atoms with van der Waals surface area (Å²) in [5.41, 5.74) is 3.05. The van der Waals surface area contributed by atoms with Crippen LogP contribution >= 0.6 is 57.9 Å². The van der Waals surface area contributed by atoms with Crippen molar-refractivity contribution in [1.29, 1.82) is 0 Å². The van der Waals surface area contributed by atoms with Crippen LogP contribution in [0.4, 0.5) is 15.9 Å². The number of rotatable bonds is 11. The van der Waals surface area contributed by atoms with Gasteiger partial charge in [-0.25, -0.2) is 29.3 Å². The lowest BCUT2D eigenvalue weighted by atomic mass is 10.1. The Morgan fingerprint density at radius 1 is 0.978 bits per heavy atom. The van der Waals surface area contributed by atoms with Crippen LogP contribution in [0, 0.1) is 12.7 Å². The molecule has 0 saturated heterocycles. The molecule has 14 heteroatoms. The van der Waals surface area contributed by atoms with Crippen molar-refractivity contribution in [2.75, 3.05) is 11.1 Å². The number of nitrogens with zero attached hydrogens (tertiary/aromatic N) is 5. The van der Waals surface area contributed by atoms with Gasteiger partial charge < -0.3 is 10.1 Å². The number of aryl methyl sites for hydroxylation is 1. The summed E-state index contributed by atoms with van der Waals surface area (Å²) in [5, 5.41) is 5.70. The second-order valence-corrected chi connectivity index (χ2v) is 13.2. The van der Waals surface area contributed by atoms with Gasteiger partial charge in [0, 0.05) is 18.0 Å². The number of ketones is 1. The van der Waals surface area contributed by atoms with E-state index in [1.807, 2.05) is 43.3 Å². The minimum Gasteiger partial charge on any atom is -0.485 e. The van der Waals surface area contributed by atoms with Crippen molar-refractivity contribution in [3.63, 3.8) is 0 Å². The number of ether oxygens (including phenoxy) is 1. The highest BCUT2D eigenvalue weighted by Crippen LogP contribution is 2.33. The molecule has 0 saturated carbocycles.